The lowest BCUT2D eigenvalue weighted by Crippen LogP contribution is -2.11. The maximum atomic E-state index is 12.9. The van der Waals surface area contributed by atoms with Crippen LogP contribution in [0.3, 0.4) is 0 Å². The number of ether oxygens (including phenoxy) is 1. The van der Waals surface area contributed by atoms with E-state index in [2.05, 4.69) is 46.4 Å². The highest BCUT2D eigenvalue weighted by Gasteiger charge is 2.17. The van der Waals surface area contributed by atoms with Crippen molar-refractivity contribution in [2.75, 3.05) is 13.7 Å². The molecule has 0 fully saturated rings. The van der Waals surface area contributed by atoms with Gasteiger partial charge in [-0.3, -0.25) is 4.79 Å². The first-order valence-corrected chi connectivity index (χ1v) is 11.0. The highest BCUT2D eigenvalue weighted by Crippen LogP contribution is 2.35. The summed E-state index contributed by atoms with van der Waals surface area (Å²) in [4.78, 5) is 22.4. The lowest BCUT2D eigenvalue weighted by atomic mass is 10.0. The molecule has 29 heavy (non-hydrogen) atoms. The van der Waals surface area contributed by atoms with Crippen LogP contribution in [0.15, 0.2) is 40.5 Å². The van der Waals surface area contributed by atoms with Crippen LogP contribution >= 0.6 is 23.1 Å². The van der Waals surface area contributed by atoms with Gasteiger partial charge in [0.1, 0.15) is 17.0 Å². The molecule has 0 saturated heterocycles. The van der Waals surface area contributed by atoms with E-state index >= 15 is 0 Å². The lowest BCUT2D eigenvalue weighted by Gasteiger charge is -2.05. The van der Waals surface area contributed by atoms with E-state index in [1.54, 1.807) is 24.8 Å². The number of aromatic nitrogens is 5. The Labute approximate surface area is 176 Å². The minimum absolute atomic E-state index is 0.105. The third-order valence-corrected chi connectivity index (χ3v) is 6.57. The van der Waals surface area contributed by atoms with Gasteiger partial charge in [0.15, 0.2) is 5.16 Å². The summed E-state index contributed by atoms with van der Waals surface area (Å²) in [5, 5.41) is 9.52. The normalized spacial score (nSPS) is 11.4. The van der Waals surface area contributed by atoms with E-state index < -0.39 is 0 Å². The number of fused-ring (bicyclic) bond motifs is 1. The third-order valence-electron chi connectivity index (χ3n) is 4.58. The lowest BCUT2D eigenvalue weighted by molar-refractivity contribution is 0.184. The van der Waals surface area contributed by atoms with Gasteiger partial charge in [-0.1, -0.05) is 41.6 Å². The minimum atomic E-state index is -0.105. The Bertz CT molecular complexity index is 1190. The third kappa shape index (κ3) is 4.12. The van der Waals surface area contributed by atoms with Crippen molar-refractivity contribution >= 4 is 33.3 Å². The molecule has 7 nitrogen and oxygen atoms in total. The number of nitrogens with one attached hydrogen (secondary N) is 1. The first-order valence-electron chi connectivity index (χ1n) is 9.15. The number of thiophene rings is 1. The molecule has 0 aliphatic rings. The predicted octanol–water partition coefficient (Wildman–Crippen LogP) is 3.80. The second-order valence-electron chi connectivity index (χ2n) is 6.68. The Morgan fingerprint density at radius 2 is 2.03 bits per heavy atom. The summed E-state index contributed by atoms with van der Waals surface area (Å²) in [5.74, 6) is 1.14. The Kier molecular flexibility index (Phi) is 5.79. The van der Waals surface area contributed by atoms with Crippen molar-refractivity contribution in [1.82, 2.24) is 24.7 Å². The minimum Gasteiger partial charge on any atom is -0.383 e. The summed E-state index contributed by atoms with van der Waals surface area (Å²) in [6, 6.07) is 8.23. The number of hydrogen-bond acceptors (Lipinski definition) is 7. The second kappa shape index (κ2) is 8.48. The highest BCUT2D eigenvalue weighted by molar-refractivity contribution is 7.98. The molecule has 0 atom stereocenters. The Balaban J connectivity index is 1.63. The zero-order valence-electron chi connectivity index (χ0n) is 16.4. The number of aryl methyl sites for hydroxylation is 2. The zero-order valence-corrected chi connectivity index (χ0v) is 18.1. The quantitative estimate of drug-likeness (QED) is 0.452. The summed E-state index contributed by atoms with van der Waals surface area (Å²) < 4.78 is 7.04. The van der Waals surface area contributed by atoms with Crippen molar-refractivity contribution in [2.45, 2.75) is 31.3 Å². The van der Waals surface area contributed by atoms with Crippen molar-refractivity contribution in [3.63, 3.8) is 0 Å². The van der Waals surface area contributed by atoms with E-state index in [1.807, 2.05) is 11.5 Å². The van der Waals surface area contributed by atoms with Crippen LogP contribution in [0.2, 0.25) is 0 Å². The van der Waals surface area contributed by atoms with Gasteiger partial charge in [0.25, 0.3) is 5.56 Å². The average molecular weight is 428 g/mol. The van der Waals surface area contributed by atoms with Crippen molar-refractivity contribution in [3.05, 3.63) is 57.2 Å². The molecule has 0 spiro atoms. The van der Waals surface area contributed by atoms with Gasteiger partial charge in [0, 0.05) is 24.1 Å². The average Bonchev–Trinajstić information content (AvgIpc) is 3.29. The molecule has 0 amide bonds. The molecular weight excluding hydrogens is 406 g/mol. The number of rotatable bonds is 7. The van der Waals surface area contributed by atoms with Crippen LogP contribution in [0.5, 0.6) is 0 Å². The standard InChI is InChI=1S/C20H21N5O2S2/c1-12-4-6-14(7-5-12)16-13(2)29-19-17(16)18(26)22-15(23-19)10-28-20-24-21-11-25(20)8-9-27-3/h4-7,11H,8-10H2,1-3H3,(H,22,23,26). The number of thioether (sulfide) groups is 1. The second-order valence-corrected chi connectivity index (χ2v) is 8.83. The maximum Gasteiger partial charge on any atom is 0.260 e. The largest absolute Gasteiger partial charge is 0.383 e. The predicted molar refractivity (Wildman–Crippen MR) is 117 cm³/mol. The van der Waals surface area contributed by atoms with Crippen LogP contribution < -0.4 is 5.56 Å². The smallest absolute Gasteiger partial charge is 0.260 e. The first-order chi connectivity index (χ1) is 14.1. The van der Waals surface area contributed by atoms with Crippen LogP contribution in [-0.4, -0.2) is 38.4 Å². The van der Waals surface area contributed by atoms with Crippen LogP contribution in [0.4, 0.5) is 0 Å². The monoisotopic (exact) mass is 427 g/mol. The van der Waals surface area contributed by atoms with Gasteiger partial charge in [-0.05, 0) is 19.4 Å². The molecule has 0 aliphatic carbocycles. The fourth-order valence-corrected chi connectivity index (χ4v) is 5.01. The Hall–Kier alpha value is -2.49. The molecule has 1 aromatic carbocycles. The molecular formula is C20H21N5O2S2. The van der Waals surface area contributed by atoms with Gasteiger partial charge in [0.2, 0.25) is 0 Å². The van der Waals surface area contributed by atoms with E-state index in [1.165, 1.54) is 17.3 Å². The van der Waals surface area contributed by atoms with Gasteiger partial charge in [0.05, 0.1) is 17.7 Å². The van der Waals surface area contributed by atoms with Gasteiger partial charge in [-0.25, -0.2) is 4.98 Å². The summed E-state index contributed by atoms with van der Waals surface area (Å²) in [6.07, 6.45) is 1.68. The Morgan fingerprint density at radius 1 is 1.24 bits per heavy atom. The number of H-pyrrole nitrogens is 1. The van der Waals surface area contributed by atoms with E-state index in [0.29, 0.717) is 30.1 Å². The van der Waals surface area contributed by atoms with Crippen molar-refractivity contribution < 1.29 is 4.74 Å². The summed E-state index contributed by atoms with van der Waals surface area (Å²) in [7, 11) is 1.66. The molecule has 150 valence electrons. The summed E-state index contributed by atoms with van der Waals surface area (Å²) in [6.45, 7) is 5.35. The molecule has 0 aliphatic heterocycles. The molecule has 3 aromatic heterocycles. The van der Waals surface area contributed by atoms with E-state index in [-0.39, 0.29) is 5.56 Å². The van der Waals surface area contributed by atoms with Crippen LogP contribution in [0.1, 0.15) is 16.3 Å². The number of benzene rings is 1. The number of methoxy groups -OCH3 is 1. The molecule has 9 heteroatoms. The maximum absolute atomic E-state index is 12.9. The van der Waals surface area contributed by atoms with Gasteiger partial charge in [-0.15, -0.1) is 21.5 Å². The van der Waals surface area contributed by atoms with Crippen LogP contribution in [0, 0.1) is 13.8 Å². The van der Waals surface area contributed by atoms with Gasteiger partial charge in [-0.2, -0.15) is 0 Å². The summed E-state index contributed by atoms with van der Waals surface area (Å²) >= 11 is 3.04. The fourth-order valence-electron chi connectivity index (χ4n) is 3.13. The zero-order chi connectivity index (χ0) is 20.4. The molecule has 0 radical (unpaired) electrons. The fraction of sp³-hybridized carbons (Fsp3) is 0.300. The number of aromatic amines is 1. The number of nitrogens with zero attached hydrogens (tertiary/aromatic N) is 4. The van der Waals surface area contributed by atoms with Crippen molar-refractivity contribution in [2.24, 2.45) is 0 Å². The van der Waals surface area contributed by atoms with Crippen LogP contribution in [0.25, 0.3) is 21.3 Å². The molecule has 4 aromatic rings. The molecule has 1 N–H and O–H groups in total. The molecule has 0 bridgehead atoms. The number of hydrogen-bond donors (Lipinski definition) is 1. The van der Waals surface area contributed by atoms with E-state index in [9.17, 15) is 4.79 Å². The molecule has 0 saturated carbocycles. The highest BCUT2D eigenvalue weighted by atomic mass is 32.2. The Morgan fingerprint density at radius 3 is 2.79 bits per heavy atom. The SMILES string of the molecule is COCCn1cnnc1SCc1nc2sc(C)c(-c3ccc(C)cc3)c2c(=O)[nH]1. The van der Waals surface area contributed by atoms with Gasteiger partial charge >= 0.3 is 0 Å². The van der Waals surface area contributed by atoms with Gasteiger partial charge < -0.3 is 14.3 Å². The first kappa shape index (κ1) is 19.8. The molecule has 0 unspecified atom stereocenters. The van der Waals surface area contributed by atoms with E-state index in [4.69, 9.17) is 9.72 Å². The van der Waals surface area contributed by atoms with Crippen molar-refractivity contribution in [3.8, 4) is 11.1 Å². The summed E-state index contributed by atoms with van der Waals surface area (Å²) in [5.41, 5.74) is 3.10. The molecule has 4 rings (SSSR count). The van der Waals surface area contributed by atoms with Crippen molar-refractivity contribution in [1.29, 1.82) is 0 Å². The topological polar surface area (TPSA) is 85.7 Å². The van der Waals surface area contributed by atoms with Crippen LogP contribution in [-0.2, 0) is 17.0 Å². The molecule has 3 heterocycles. The van der Waals surface area contributed by atoms with E-state index in [0.717, 1.165) is 26.0 Å².